The molecule has 5 nitrogen and oxygen atoms in total. The summed E-state index contributed by atoms with van der Waals surface area (Å²) in [5.41, 5.74) is 0.356. The van der Waals surface area contributed by atoms with E-state index in [0.29, 0.717) is 42.8 Å². The van der Waals surface area contributed by atoms with Crippen LogP contribution in [0.2, 0.25) is 0 Å². The largest absolute Gasteiger partial charge is 0.493 e. The number of nitrogens with zero attached hydrogens (tertiary/aromatic N) is 2. The highest BCUT2D eigenvalue weighted by atomic mass is 16.5. The summed E-state index contributed by atoms with van der Waals surface area (Å²) in [7, 11) is 0. The maximum Gasteiger partial charge on any atom is 0.467 e. The molecule has 1 aromatic rings. The van der Waals surface area contributed by atoms with Gasteiger partial charge in [0.2, 0.25) is 16.9 Å². The molecule has 0 heterocycles. The molecule has 0 aliphatic rings. The van der Waals surface area contributed by atoms with Crippen LogP contribution in [0.1, 0.15) is 97.8 Å². The summed E-state index contributed by atoms with van der Waals surface area (Å²) in [6.07, 6.45) is 13.6. The van der Waals surface area contributed by atoms with Crippen molar-refractivity contribution in [3.05, 3.63) is 17.1 Å². The van der Waals surface area contributed by atoms with Gasteiger partial charge in [0.05, 0.1) is 19.8 Å². The molecule has 0 aliphatic carbocycles. The van der Waals surface area contributed by atoms with Gasteiger partial charge in [-0.15, -0.1) is 0 Å². The Bertz CT molecular complexity index is 549. The number of benzene rings is 1. The summed E-state index contributed by atoms with van der Waals surface area (Å²) in [5.74, 6) is 1.76. The molecule has 0 saturated carbocycles. The van der Waals surface area contributed by atoms with Crippen LogP contribution in [0.4, 0.5) is 5.69 Å². The zero-order valence-electron chi connectivity index (χ0n) is 18.9. The van der Waals surface area contributed by atoms with Crippen LogP contribution in [-0.4, -0.2) is 19.8 Å². The third-order valence-corrected chi connectivity index (χ3v) is 4.89. The average molecular weight is 406 g/mol. The molecule has 164 valence electrons. The number of diazo groups is 1. The molecule has 29 heavy (non-hydrogen) atoms. The number of unbranched alkanes of at least 4 members (excludes halogenated alkanes) is 9. The first-order valence-electron chi connectivity index (χ1n) is 11.7. The highest BCUT2D eigenvalue weighted by Crippen LogP contribution is 2.42. The van der Waals surface area contributed by atoms with Crippen LogP contribution in [0, 0.1) is 5.39 Å². The Morgan fingerprint density at radius 3 is 1.41 bits per heavy atom. The third kappa shape index (κ3) is 11.0. The number of rotatable bonds is 18. The standard InChI is InChI=1S/C24H41N2O3/c1-4-7-10-13-16-27-21-19-22(28-17-14-11-8-5-2)24(26-25)23(20-21)29-18-15-12-9-6-3/h19-20H,4-18H2,1-3H3/q+1. The molecule has 0 radical (unpaired) electrons. The van der Waals surface area contributed by atoms with Crippen LogP contribution in [0.3, 0.4) is 0 Å². The third-order valence-electron chi connectivity index (χ3n) is 4.89. The second-order valence-electron chi connectivity index (χ2n) is 7.60. The fraction of sp³-hybridized carbons (Fsp3) is 0.750. The maximum absolute atomic E-state index is 9.57. The normalized spacial score (nSPS) is 10.6. The van der Waals surface area contributed by atoms with Gasteiger partial charge in [-0.1, -0.05) is 78.6 Å². The smallest absolute Gasteiger partial charge is 0.467 e. The molecule has 0 spiro atoms. The van der Waals surface area contributed by atoms with Crippen molar-refractivity contribution in [2.24, 2.45) is 0 Å². The SMILES string of the molecule is CCCCCCOc1cc(OCCCCCC)c([N+]#N)c(OCCCCCC)c1. The van der Waals surface area contributed by atoms with E-state index in [4.69, 9.17) is 14.2 Å². The molecule has 0 unspecified atom stereocenters. The molecule has 5 heteroatoms. The predicted molar refractivity (Wildman–Crippen MR) is 120 cm³/mol. The molecule has 0 amide bonds. The van der Waals surface area contributed by atoms with E-state index in [0.717, 1.165) is 32.1 Å². The Balaban J connectivity index is 2.77. The minimum absolute atomic E-state index is 0.356. The second kappa shape index (κ2) is 16.9. The van der Waals surface area contributed by atoms with E-state index in [9.17, 15) is 5.39 Å². The van der Waals surface area contributed by atoms with Crippen molar-refractivity contribution in [1.29, 1.82) is 5.39 Å². The van der Waals surface area contributed by atoms with Gasteiger partial charge in [0.1, 0.15) is 5.75 Å². The van der Waals surface area contributed by atoms with Crippen LogP contribution in [0.5, 0.6) is 17.2 Å². The molecule has 0 N–H and O–H groups in total. The summed E-state index contributed by atoms with van der Waals surface area (Å²) in [6.45, 7) is 8.44. The van der Waals surface area contributed by atoms with Gasteiger partial charge in [0, 0.05) is 12.1 Å². The second-order valence-corrected chi connectivity index (χ2v) is 7.60. The summed E-state index contributed by atoms with van der Waals surface area (Å²) in [5, 5.41) is 9.57. The fourth-order valence-corrected chi connectivity index (χ4v) is 3.10. The van der Waals surface area contributed by atoms with Gasteiger partial charge in [0.25, 0.3) is 0 Å². The van der Waals surface area contributed by atoms with E-state index >= 15 is 0 Å². The van der Waals surface area contributed by atoms with Gasteiger partial charge in [-0.05, 0) is 19.3 Å². The first kappa shape index (κ1) is 25.1. The van der Waals surface area contributed by atoms with E-state index in [-0.39, 0.29) is 0 Å². The van der Waals surface area contributed by atoms with Crippen molar-refractivity contribution < 1.29 is 14.2 Å². The lowest BCUT2D eigenvalue weighted by Crippen LogP contribution is -2.03. The number of hydrogen-bond donors (Lipinski definition) is 0. The summed E-state index contributed by atoms with van der Waals surface area (Å²) < 4.78 is 17.8. The molecular weight excluding hydrogens is 364 g/mol. The van der Waals surface area contributed by atoms with Crippen molar-refractivity contribution in [2.75, 3.05) is 19.8 Å². The van der Waals surface area contributed by atoms with Gasteiger partial charge < -0.3 is 14.2 Å². The van der Waals surface area contributed by atoms with Crippen molar-refractivity contribution >= 4 is 5.69 Å². The van der Waals surface area contributed by atoms with Crippen molar-refractivity contribution in [2.45, 2.75) is 97.8 Å². The molecule has 0 atom stereocenters. The Kier molecular flexibility index (Phi) is 14.7. The van der Waals surface area contributed by atoms with Gasteiger partial charge in [-0.3, -0.25) is 0 Å². The lowest BCUT2D eigenvalue weighted by atomic mass is 10.2. The minimum atomic E-state index is 0.356. The first-order chi connectivity index (χ1) is 14.3. The van der Waals surface area contributed by atoms with E-state index < -0.39 is 0 Å². The molecule has 1 rings (SSSR count). The fourth-order valence-electron chi connectivity index (χ4n) is 3.10. The topological polar surface area (TPSA) is 55.8 Å². The van der Waals surface area contributed by atoms with Crippen LogP contribution in [0.25, 0.3) is 4.98 Å². The molecule has 0 bridgehead atoms. The van der Waals surface area contributed by atoms with Crippen LogP contribution in [0.15, 0.2) is 12.1 Å². The Labute approximate surface area is 177 Å². The van der Waals surface area contributed by atoms with Gasteiger partial charge in [0.15, 0.2) is 4.98 Å². The van der Waals surface area contributed by atoms with E-state index in [1.165, 1.54) is 44.9 Å². The van der Waals surface area contributed by atoms with E-state index in [2.05, 4.69) is 25.7 Å². The predicted octanol–water partition coefficient (Wildman–Crippen LogP) is 8.05. The van der Waals surface area contributed by atoms with Crippen molar-refractivity contribution in [3.63, 3.8) is 0 Å². The van der Waals surface area contributed by atoms with Gasteiger partial charge >= 0.3 is 5.69 Å². The van der Waals surface area contributed by atoms with E-state index in [1.807, 2.05) is 12.1 Å². The van der Waals surface area contributed by atoms with Gasteiger partial charge in [-0.25, -0.2) is 0 Å². The quantitative estimate of drug-likeness (QED) is 0.183. The lowest BCUT2D eigenvalue weighted by Gasteiger charge is -2.11. The Hall–Kier alpha value is -1.96. The van der Waals surface area contributed by atoms with Gasteiger partial charge in [-0.2, -0.15) is 0 Å². The highest BCUT2D eigenvalue weighted by Gasteiger charge is 2.25. The summed E-state index contributed by atoms with van der Waals surface area (Å²) >= 11 is 0. The zero-order chi connectivity index (χ0) is 21.2. The van der Waals surface area contributed by atoms with Crippen molar-refractivity contribution in [3.8, 4) is 17.2 Å². The number of ether oxygens (including phenoxy) is 3. The summed E-state index contributed by atoms with van der Waals surface area (Å²) in [4.78, 5) is 3.46. The minimum Gasteiger partial charge on any atom is -0.493 e. The monoisotopic (exact) mass is 405 g/mol. The number of hydrogen-bond acceptors (Lipinski definition) is 4. The zero-order valence-corrected chi connectivity index (χ0v) is 18.9. The molecule has 0 aliphatic heterocycles. The summed E-state index contributed by atoms with van der Waals surface area (Å²) in [6, 6.07) is 3.64. The first-order valence-corrected chi connectivity index (χ1v) is 11.7. The Morgan fingerprint density at radius 1 is 0.621 bits per heavy atom. The maximum atomic E-state index is 9.57. The highest BCUT2D eigenvalue weighted by molar-refractivity contribution is 5.69. The Morgan fingerprint density at radius 2 is 1.03 bits per heavy atom. The van der Waals surface area contributed by atoms with E-state index in [1.54, 1.807) is 0 Å². The molecule has 0 saturated heterocycles. The molecule has 1 aromatic carbocycles. The molecule has 0 fully saturated rings. The lowest BCUT2D eigenvalue weighted by molar-refractivity contribution is 0.279. The molecular formula is C24H41N2O3+. The molecule has 0 aromatic heterocycles. The average Bonchev–Trinajstić information content (AvgIpc) is 2.73. The van der Waals surface area contributed by atoms with Crippen LogP contribution >= 0.6 is 0 Å². The van der Waals surface area contributed by atoms with Crippen LogP contribution in [-0.2, 0) is 0 Å². The van der Waals surface area contributed by atoms with Crippen LogP contribution < -0.4 is 14.2 Å². The van der Waals surface area contributed by atoms with Crippen molar-refractivity contribution in [1.82, 2.24) is 0 Å².